The van der Waals surface area contributed by atoms with Crippen LogP contribution in [0.4, 0.5) is 0 Å². The lowest BCUT2D eigenvalue weighted by atomic mass is 10.3. The van der Waals surface area contributed by atoms with E-state index in [0.717, 1.165) is 23.6 Å². The summed E-state index contributed by atoms with van der Waals surface area (Å²) in [5, 5.41) is 3.08. The molecular weight excluding hydrogens is 294 g/mol. The quantitative estimate of drug-likeness (QED) is 0.836. The molecule has 1 fully saturated rings. The first-order valence-electron chi connectivity index (χ1n) is 6.89. The highest BCUT2D eigenvalue weighted by atomic mass is 32.2. The fourth-order valence-electron chi connectivity index (χ4n) is 2.36. The second-order valence-corrected chi connectivity index (χ2v) is 8.24. The Bertz CT molecular complexity index is 546. The first-order chi connectivity index (χ1) is 9.44. The number of thioether (sulfide) groups is 1. The highest BCUT2D eigenvalue weighted by Crippen LogP contribution is 2.22. The molecule has 1 aliphatic rings. The van der Waals surface area contributed by atoms with Gasteiger partial charge in [0.05, 0.1) is 4.90 Å². The minimum Gasteiger partial charge on any atom is -0.346 e. The normalized spacial score (nSPS) is 19.9. The van der Waals surface area contributed by atoms with Crippen molar-refractivity contribution < 1.29 is 8.42 Å². The maximum atomic E-state index is 12.4. The number of nitrogens with one attached hydrogen (secondary N) is 2. The SMILES string of the molecule is CNCc1cc(S(=O)(=O)NC2CCSC2)cn1C(C)C. The van der Waals surface area contributed by atoms with Crippen LogP contribution in [0.2, 0.25) is 0 Å². The second kappa shape index (κ2) is 6.51. The Balaban J connectivity index is 2.24. The topological polar surface area (TPSA) is 63.1 Å². The van der Waals surface area contributed by atoms with E-state index in [1.165, 1.54) is 0 Å². The van der Waals surface area contributed by atoms with Crippen LogP contribution in [0.3, 0.4) is 0 Å². The summed E-state index contributed by atoms with van der Waals surface area (Å²) in [4.78, 5) is 0.369. The van der Waals surface area contributed by atoms with Crippen molar-refractivity contribution in [3.8, 4) is 0 Å². The minimum absolute atomic E-state index is 0.0696. The van der Waals surface area contributed by atoms with Crippen molar-refractivity contribution in [2.24, 2.45) is 0 Å². The van der Waals surface area contributed by atoms with Gasteiger partial charge in [0.1, 0.15) is 0 Å². The molecule has 0 amide bonds. The van der Waals surface area contributed by atoms with Gasteiger partial charge in [-0.2, -0.15) is 11.8 Å². The molecule has 5 nitrogen and oxygen atoms in total. The monoisotopic (exact) mass is 317 g/mol. The van der Waals surface area contributed by atoms with Crippen molar-refractivity contribution in [1.29, 1.82) is 0 Å². The van der Waals surface area contributed by atoms with Crippen LogP contribution in [0.5, 0.6) is 0 Å². The maximum absolute atomic E-state index is 12.4. The maximum Gasteiger partial charge on any atom is 0.242 e. The Morgan fingerprint density at radius 1 is 1.50 bits per heavy atom. The van der Waals surface area contributed by atoms with Crippen LogP contribution in [0, 0.1) is 0 Å². The number of hydrogen-bond acceptors (Lipinski definition) is 4. The van der Waals surface area contributed by atoms with E-state index in [4.69, 9.17) is 0 Å². The molecule has 2 rings (SSSR count). The number of hydrogen-bond donors (Lipinski definition) is 2. The molecule has 114 valence electrons. The van der Waals surface area contributed by atoms with Crippen LogP contribution >= 0.6 is 11.8 Å². The molecule has 1 unspecified atom stereocenters. The summed E-state index contributed by atoms with van der Waals surface area (Å²) >= 11 is 1.80. The third-order valence-corrected chi connectivity index (χ3v) is 6.03. The molecule has 1 aromatic rings. The largest absolute Gasteiger partial charge is 0.346 e. The molecule has 0 aliphatic carbocycles. The van der Waals surface area contributed by atoms with E-state index in [-0.39, 0.29) is 12.1 Å². The molecule has 2 N–H and O–H groups in total. The van der Waals surface area contributed by atoms with Crippen molar-refractivity contribution in [3.63, 3.8) is 0 Å². The van der Waals surface area contributed by atoms with Gasteiger partial charge in [0, 0.05) is 36.3 Å². The number of sulfonamides is 1. The number of rotatable bonds is 6. The standard InChI is InChI=1S/C13H23N3O2S2/c1-10(2)16-8-13(6-12(16)7-14-3)20(17,18)15-11-4-5-19-9-11/h6,8,10-11,14-15H,4-5,7,9H2,1-3H3. The van der Waals surface area contributed by atoms with Gasteiger partial charge in [0.15, 0.2) is 0 Å². The highest BCUT2D eigenvalue weighted by molar-refractivity contribution is 7.99. The van der Waals surface area contributed by atoms with Crippen LogP contribution in [0.15, 0.2) is 17.2 Å². The molecule has 0 bridgehead atoms. The van der Waals surface area contributed by atoms with E-state index in [9.17, 15) is 8.42 Å². The summed E-state index contributed by atoms with van der Waals surface area (Å²) < 4.78 is 29.7. The van der Waals surface area contributed by atoms with Crippen molar-refractivity contribution in [3.05, 3.63) is 18.0 Å². The van der Waals surface area contributed by atoms with Crippen LogP contribution in [0.1, 0.15) is 32.0 Å². The molecule has 0 saturated carbocycles. The van der Waals surface area contributed by atoms with E-state index >= 15 is 0 Å². The molecule has 7 heteroatoms. The third kappa shape index (κ3) is 3.58. The summed E-state index contributed by atoms with van der Waals surface area (Å²) in [6.07, 6.45) is 2.65. The Morgan fingerprint density at radius 3 is 2.80 bits per heavy atom. The van der Waals surface area contributed by atoms with Gasteiger partial charge in [-0.1, -0.05) is 0 Å². The van der Waals surface area contributed by atoms with Crippen molar-refractivity contribution in [2.75, 3.05) is 18.6 Å². The first kappa shape index (κ1) is 15.9. The van der Waals surface area contributed by atoms with E-state index in [1.807, 2.05) is 11.6 Å². The third-order valence-electron chi connectivity index (χ3n) is 3.38. The average Bonchev–Trinajstić information content (AvgIpc) is 2.98. The fourth-order valence-corrected chi connectivity index (χ4v) is 4.94. The molecule has 20 heavy (non-hydrogen) atoms. The van der Waals surface area contributed by atoms with Gasteiger partial charge in [-0.25, -0.2) is 13.1 Å². The zero-order chi connectivity index (χ0) is 14.8. The van der Waals surface area contributed by atoms with Crippen LogP contribution in [-0.2, 0) is 16.6 Å². The van der Waals surface area contributed by atoms with Gasteiger partial charge < -0.3 is 9.88 Å². The molecule has 1 aromatic heterocycles. The van der Waals surface area contributed by atoms with Crippen LogP contribution in [-0.4, -0.2) is 37.6 Å². The zero-order valence-corrected chi connectivity index (χ0v) is 13.9. The molecule has 1 atom stereocenters. The van der Waals surface area contributed by atoms with Gasteiger partial charge in [-0.05, 0) is 39.1 Å². The lowest BCUT2D eigenvalue weighted by Gasteiger charge is -2.12. The van der Waals surface area contributed by atoms with Crippen molar-refractivity contribution >= 4 is 21.8 Å². The summed E-state index contributed by atoms with van der Waals surface area (Å²) in [6, 6.07) is 2.07. The van der Waals surface area contributed by atoms with Crippen molar-refractivity contribution in [2.45, 2.75) is 43.8 Å². The Morgan fingerprint density at radius 2 is 2.25 bits per heavy atom. The summed E-state index contributed by atoms with van der Waals surface area (Å²) in [5.41, 5.74) is 0.990. The Hall–Kier alpha value is -0.500. The molecule has 0 radical (unpaired) electrons. The second-order valence-electron chi connectivity index (χ2n) is 5.38. The zero-order valence-electron chi connectivity index (χ0n) is 12.2. The number of nitrogens with zero attached hydrogens (tertiary/aromatic N) is 1. The van der Waals surface area contributed by atoms with Gasteiger partial charge in [-0.3, -0.25) is 0 Å². The molecule has 1 saturated heterocycles. The van der Waals surface area contributed by atoms with Gasteiger partial charge in [-0.15, -0.1) is 0 Å². The molecule has 0 aromatic carbocycles. The molecule has 2 heterocycles. The predicted molar refractivity (Wildman–Crippen MR) is 83.6 cm³/mol. The molecular formula is C13H23N3O2S2. The van der Waals surface area contributed by atoms with Crippen molar-refractivity contribution in [1.82, 2.24) is 14.6 Å². The minimum atomic E-state index is -3.41. The molecule has 1 aliphatic heterocycles. The van der Waals surface area contributed by atoms with Crippen LogP contribution < -0.4 is 10.0 Å². The average molecular weight is 317 g/mol. The van der Waals surface area contributed by atoms with E-state index < -0.39 is 10.0 Å². The van der Waals surface area contributed by atoms with Gasteiger partial charge in [0.25, 0.3) is 0 Å². The smallest absolute Gasteiger partial charge is 0.242 e. The van der Waals surface area contributed by atoms with Crippen LogP contribution in [0.25, 0.3) is 0 Å². The fraction of sp³-hybridized carbons (Fsp3) is 0.692. The lowest BCUT2D eigenvalue weighted by Crippen LogP contribution is -2.34. The predicted octanol–water partition coefficient (Wildman–Crippen LogP) is 1.57. The van der Waals surface area contributed by atoms with Gasteiger partial charge >= 0.3 is 0 Å². The Labute approximate surface area is 125 Å². The summed E-state index contributed by atoms with van der Waals surface area (Å²) in [7, 11) is -1.55. The molecule has 0 spiro atoms. The van der Waals surface area contributed by atoms with Gasteiger partial charge in [0.2, 0.25) is 10.0 Å². The Kier molecular flexibility index (Phi) is 5.17. The summed E-state index contributed by atoms with van der Waals surface area (Å²) in [6.45, 7) is 4.76. The first-order valence-corrected chi connectivity index (χ1v) is 9.53. The number of aromatic nitrogens is 1. The highest BCUT2D eigenvalue weighted by Gasteiger charge is 2.25. The lowest BCUT2D eigenvalue weighted by molar-refractivity contribution is 0.556. The van der Waals surface area contributed by atoms with E-state index in [1.54, 1.807) is 24.0 Å². The summed E-state index contributed by atoms with van der Waals surface area (Å²) in [5.74, 6) is 1.90. The van der Waals surface area contributed by atoms with E-state index in [0.29, 0.717) is 11.4 Å². The van der Waals surface area contributed by atoms with E-state index in [2.05, 4.69) is 23.9 Å².